The van der Waals surface area contributed by atoms with Gasteiger partial charge in [-0.15, -0.1) is 10.2 Å². The predicted octanol–water partition coefficient (Wildman–Crippen LogP) is 3.88. The van der Waals surface area contributed by atoms with Gasteiger partial charge in [0.05, 0.1) is 12.0 Å². The van der Waals surface area contributed by atoms with Gasteiger partial charge in [-0.3, -0.25) is 4.79 Å². The van der Waals surface area contributed by atoms with Crippen LogP contribution in [0, 0.1) is 0 Å². The summed E-state index contributed by atoms with van der Waals surface area (Å²) in [5.74, 6) is 0.0191. The molecule has 1 amide bonds. The van der Waals surface area contributed by atoms with Crippen molar-refractivity contribution in [3.63, 3.8) is 0 Å². The SMILES string of the molecule is O=C(CC1(n2cccc2)CCCCC1)Nc1nnc([C@H]2CCCO2)s1. The Kier molecular flexibility index (Phi) is 4.85. The highest BCUT2D eigenvalue weighted by atomic mass is 32.1. The fourth-order valence-electron chi connectivity index (χ4n) is 4.04. The second-order valence-electron chi connectivity index (χ2n) is 7.05. The number of carbonyl (C=O) groups excluding carboxylic acids is 1. The van der Waals surface area contributed by atoms with E-state index >= 15 is 0 Å². The largest absolute Gasteiger partial charge is 0.371 e. The maximum Gasteiger partial charge on any atom is 0.228 e. The van der Waals surface area contributed by atoms with Crippen LogP contribution in [-0.2, 0) is 15.1 Å². The summed E-state index contributed by atoms with van der Waals surface area (Å²) < 4.78 is 7.86. The van der Waals surface area contributed by atoms with Crippen molar-refractivity contribution < 1.29 is 9.53 Å². The van der Waals surface area contributed by atoms with Gasteiger partial charge in [-0.05, 0) is 37.8 Å². The summed E-state index contributed by atoms with van der Waals surface area (Å²) in [4.78, 5) is 12.7. The first kappa shape index (κ1) is 16.7. The summed E-state index contributed by atoms with van der Waals surface area (Å²) in [6, 6.07) is 4.07. The molecule has 2 fully saturated rings. The monoisotopic (exact) mass is 360 g/mol. The summed E-state index contributed by atoms with van der Waals surface area (Å²) in [6.07, 6.45) is 12.4. The Labute approximate surface area is 151 Å². The quantitative estimate of drug-likeness (QED) is 0.878. The first-order valence-electron chi connectivity index (χ1n) is 9.14. The topological polar surface area (TPSA) is 69.0 Å². The Hall–Kier alpha value is -1.73. The number of anilines is 1. The number of nitrogens with zero attached hydrogens (tertiary/aromatic N) is 3. The second kappa shape index (κ2) is 7.25. The van der Waals surface area contributed by atoms with Gasteiger partial charge in [0.1, 0.15) is 11.1 Å². The molecule has 0 unspecified atom stereocenters. The van der Waals surface area contributed by atoms with Crippen LogP contribution in [0.4, 0.5) is 5.13 Å². The van der Waals surface area contributed by atoms with Crippen molar-refractivity contribution in [2.45, 2.75) is 63.0 Å². The van der Waals surface area contributed by atoms with Crippen molar-refractivity contribution in [3.05, 3.63) is 29.5 Å². The summed E-state index contributed by atoms with van der Waals surface area (Å²) in [5.41, 5.74) is -0.103. The zero-order valence-electron chi connectivity index (χ0n) is 14.3. The zero-order valence-corrected chi connectivity index (χ0v) is 15.1. The molecular formula is C18H24N4O2S. The Morgan fingerprint density at radius 1 is 1.24 bits per heavy atom. The molecule has 6 nitrogen and oxygen atoms in total. The first-order chi connectivity index (χ1) is 12.3. The van der Waals surface area contributed by atoms with E-state index in [2.05, 4.69) is 32.5 Å². The third kappa shape index (κ3) is 3.62. The fourth-order valence-corrected chi connectivity index (χ4v) is 4.88. The van der Waals surface area contributed by atoms with Crippen LogP contribution in [0.3, 0.4) is 0 Å². The molecule has 1 aliphatic carbocycles. The second-order valence-corrected chi connectivity index (χ2v) is 8.06. The fraction of sp³-hybridized carbons (Fsp3) is 0.611. The highest BCUT2D eigenvalue weighted by Crippen LogP contribution is 2.38. The van der Waals surface area contributed by atoms with E-state index in [4.69, 9.17) is 4.74 Å². The lowest BCUT2D eigenvalue weighted by Gasteiger charge is -2.38. The molecule has 2 aromatic heterocycles. The average molecular weight is 360 g/mol. The minimum Gasteiger partial charge on any atom is -0.371 e. The van der Waals surface area contributed by atoms with Gasteiger partial charge in [0.25, 0.3) is 0 Å². The molecule has 7 heteroatoms. The minimum atomic E-state index is -0.103. The average Bonchev–Trinajstić information content (AvgIpc) is 3.37. The predicted molar refractivity (Wildman–Crippen MR) is 96.6 cm³/mol. The molecule has 0 spiro atoms. The molecule has 25 heavy (non-hydrogen) atoms. The molecule has 1 atom stereocenters. The summed E-state index contributed by atoms with van der Waals surface area (Å²) in [6.45, 7) is 0.783. The van der Waals surface area contributed by atoms with Crippen molar-refractivity contribution in [2.75, 3.05) is 11.9 Å². The van der Waals surface area contributed by atoms with Gasteiger partial charge in [-0.1, -0.05) is 30.6 Å². The molecule has 3 heterocycles. The van der Waals surface area contributed by atoms with Crippen molar-refractivity contribution in [2.24, 2.45) is 0 Å². The van der Waals surface area contributed by atoms with Gasteiger partial charge in [-0.25, -0.2) is 0 Å². The number of ether oxygens (including phenoxy) is 1. The molecule has 1 N–H and O–H groups in total. The lowest BCUT2D eigenvalue weighted by molar-refractivity contribution is -0.118. The van der Waals surface area contributed by atoms with Crippen LogP contribution in [0.5, 0.6) is 0 Å². The molecule has 1 aliphatic heterocycles. The molecule has 2 aromatic rings. The van der Waals surface area contributed by atoms with Crippen LogP contribution in [0.25, 0.3) is 0 Å². The van der Waals surface area contributed by atoms with E-state index in [1.807, 2.05) is 12.1 Å². The summed E-state index contributed by atoms with van der Waals surface area (Å²) in [7, 11) is 0. The van der Waals surface area contributed by atoms with Crippen LogP contribution in [0.1, 0.15) is 62.5 Å². The zero-order chi connectivity index (χ0) is 17.1. The lowest BCUT2D eigenvalue weighted by atomic mass is 9.79. The number of hydrogen-bond acceptors (Lipinski definition) is 5. The highest BCUT2D eigenvalue weighted by Gasteiger charge is 2.35. The standard InChI is InChI=1S/C18H24N4O2S/c23-15(19-17-21-20-16(25-17)14-7-6-12-24-14)13-18(8-2-1-3-9-18)22-10-4-5-11-22/h4-5,10-11,14H,1-3,6-9,12-13H2,(H,19,21,23)/t14-/m1/s1. The van der Waals surface area contributed by atoms with Gasteiger partial charge in [-0.2, -0.15) is 0 Å². The Morgan fingerprint density at radius 3 is 2.76 bits per heavy atom. The van der Waals surface area contributed by atoms with Gasteiger partial charge < -0.3 is 14.6 Å². The Bertz CT molecular complexity index is 700. The molecule has 0 bridgehead atoms. The number of rotatable bonds is 5. The van der Waals surface area contributed by atoms with Gasteiger partial charge in [0, 0.05) is 19.0 Å². The number of nitrogens with one attached hydrogen (secondary N) is 1. The Balaban J connectivity index is 1.43. The van der Waals surface area contributed by atoms with E-state index in [0.717, 1.165) is 37.3 Å². The van der Waals surface area contributed by atoms with E-state index in [-0.39, 0.29) is 17.6 Å². The van der Waals surface area contributed by atoms with Gasteiger partial charge in [0.15, 0.2) is 0 Å². The van der Waals surface area contributed by atoms with Crippen molar-refractivity contribution in [1.82, 2.24) is 14.8 Å². The number of hydrogen-bond donors (Lipinski definition) is 1. The van der Waals surface area contributed by atoms with Crippen LogP contribution in [0.15, 0.2) is 24.5 Å². The molecule has 1 saturated carbocycles. The van der Waals surface area contributed by atoms with Crippen molar-refractivity contribution >= 4 is 22.4 Å². The number of amides is 1. The van der Waals surface area contributed by atoms with Crippen LogP contribution >= 0.6 is 11.3 Å². The number of carbonyl (C=O) groups is 1. The molecule has 1 saturated heterocycles. The summed E-state index contributed by atoms with van der Waals surface area (Å²) >= 11 is 1.43. The molecule has 2 aliphatic rings. The van der Waals surface area contributed by atoms with Gasteiger partial charge >= 0.3 is 0 Å². The maximum atomic E-state index is 12.7. The van der Waals surface area contributed by atoms with Crippen molar-refractivity contribution in [1.29, 1.82) is 0 Å². The third-order valence-corrected chi connectivity index (χ3v) is 6.25. The summed E-state index contributed by atoms with van der Waals surface area (Å²) in [5, 5.41) is 12.7. The first-order valence-corrected chi connectivity index (χ1v) is 9.95. The Morgan fingerprint density at radius 2 is 2.04 bits per heavy atom. The molecular weight excluding hydrogens is 336 g/mol. The van der Waals surface area contributed by atoms with Crippen LogP contribution in [0.2, 0.25) is 0 Å². The van der Waals surface area contributed by atoms with Gasteiger partial charge in [0.2, 0.25) is 11.0 Å². The van der Waals surface area contributed by atoms with Crippen LogP contribution < -0.4 is 5.32 Å². The third-order valence-electron chi connectivity index (χ3n) is 5.32. The van der Waals surface area contributed by atoms with Crippen molar-refractivity contribution in [3.8, 4) is 0 Å². The maximum absolute atomic E-state index is 12.7. The normalized spacial score (nSPS) is 22.8. The van der Waals surface area contributed by atoms with E-state index in [1.165, 1.54) is 30.6 Å². The number of aromatic nitrogens is 3. The van der Waals surface area contributed by atoms with Crippen LogP contribution in [-0.4, -0.2) is 27.3 Å². The van der Waals surface area contributed by atoms with E-state index in [9.17, 15) is 4.79 Å². The molecule has 0 aromatic carbocycles. The highest BCUT2D eigenvalue weighted by molar-refractivity contribution is 7.15. The smallest absolute Gasteiger partial charge is 0.228 e. The lowest BCUT2D eigenvalue weighted by Crippen LogP contribution is -2.38. The van der Waals surface area contributed by atoms with E-state index < -0.39 is 0 Å². The molecule has 4 rings (SSSR count). The molecule has 134 valence electrons. The minimum absolute atomic E-state index is 0.0191. The molecule has 0 radical (unpaired) electrons. The van der Waals surface area contributed by atoms with E-state index in [1.54, 1.807) is 0 Å². The van der Waals surface area contributed by atoms with E-state index in [0.29, 0.717) is 11.6 Å².